The summed E-state index contributed by atoms with van der Waals surface area (Å²) < 4.78 is 0. The summed E-state index contributed by atoms with van der Waals surface area (Å²) in [5.74, 6) is 0.295. The van der Waals surface area contributed by atoms with E-state index in [0.717, 1.165) is 5.56 Å². The third-order valence-corrected chi connectivity index (χ3v) is 3.43. The van der Waals surface area contributed by atoms with E-state index >= 15 is 0 Å². The lowest BCUT2D eigenvalue weighted by atomic mass is 9.84. The molecule has 0 bridgehead atoms. The monoisotopic (exact) mass is 258 g/mol. The molecular weight excluding hydrogens is 240 g/mol. The van der Waals surface area contributed by atoms with E-state index in [1.54, 1.807) is 0 Å². The molecule has 0 unspecified atom stereocenters. The molecule has 0 radical (unpaired) electrons. The Labute approximate surface area is 112 Å². The first-order chi connectivity index (χ1) is 8.96. The van der Waals surface area contributed by atoms with E-state index < -0.39 is 5.41 Å². The Morgan fingerprint density at radius 3 is 2.42 bits per heavy atom. The predicted octanol–water partition coefficient (Wildman–Crippen LogP) is 2.36. The summed E-state index contributed by atoms with van der Waals surface area (Å²) in [7, 11) is 0. The molecule has 1 aromatic carbocycles. The average Bonchev–Trinajstić information content (AvgIpc) is 2.39. The molecule has 0 aliphatic rings. The SMILES string of the molecule is CCc1c(O)nc(C(C)(C)c2ccccc2)[nH]c1=O. The van der Waals surface area contributed by atoms with Crippen LogP contribution in [-0.2, 0) is 11.8 Å². The molecule has 2 N–H and O–H groups in total. The fourth-order valence-electron chi connectivity index (χ4n) is 2.09. The van der Waals surface area contributed by atoms with Crippen molar-refractivity contribution in [2.75, 3.05) is 0 Å². The van der Waals surface area contributed by atoms with Gasteiger partial charge in [0, 0.05) is 5.41 Å². The van der Waals surface area contributed by atoms with Gasteiger partial charge in [0.25, 0.3) is 5.56 Å². The van der Waals surface area contributed by atoms with Gasteiger partial charge < -0.3 is 10.1 Å². The topological polar surface area (TPSA) is 66.0 Å². The molecule has 1 aromatic heterocycles. The van der Waals surface area contributed by atoms with Crippen molar-refractivity contribution in [3.8, 4) is 5.88 Å². The first-order valence-electron chi connectivity index (χ1n) is 6.35. The van der Waals surface area contributed by atoms with Gasteiger partial charge in [-0.3, -0.25) is 4.79 Å². The first kappa shape index (κ1) is 13.3. The molecule has 0 saturated carbocycles. The molecule has 2 rings (SSSR count). The molecule has 0 aliphatic carbocycles. The quantitative estimate of drug-likeness (QED) is 0.888. The van der Waals surface area contributed by atoms with Gasteiger partial charge in [0.1, 0.15) is 5.82 Å². The van der Waals surface area contributed by atoms with E-state index in [1.165, 1.54) is 0 Å². The maximum atomic E-state index is 11.9. The van der Waals surface area contributed by atoms with Crippen molar-refractivity contribution in [1.82, 2.24) is 9.97 Å². The second-order valence-corrected chi connectivity index (χ2v) is 5.06. The van der Waals surface area contributed by atoms with Crippen LogP contribution in [0.15, 0.2) is 35.1 Å². The van der Waals surface area contributed by atoms with E-state index in [4.69, 9.17) is 0 Å². The number of nitrogens with one attached hydrogen (secondary N) is 1. The maximum Gasteiger partial charge on any atom is 0.257 e. The molecule has 1 heterocycles. The van der Waals surface area contributed by atoms with Gasteiger partial charge in [-0.05, 0) is 25.8 Å². The normalized spacial score (nSPS) is 11.5. The van der Waals surface area contributed by atoms with Crippen LogP contribution in [0.5, 0.6) is 5.88 Å². The third-order valence-electron chi connectivity index (χ3n) is 3.43. The Kier molecular flexibility index (Phi) is 3.42. The van der Waals surface area contributed by atoms with Crippen molar-refractivity contribution < 1.29 is 5.11 Å². The van der Waals surface area contributed by atoms with Crippen LogP contribution in [0.2, 0.25) is 0 Å². The van der Waals surface area contributed by atoms with Crippen LogP contribution in [0.3, 0.4) is 0 Å². The molecule has 2 aromatic rings. The highest BCUT2D eigenvalue weighted by atomic mass is 16.3. The summed E-state index contributed by atoms with van der Waals surface area (Å²) >= 11 is 0. The van der Waals surface area contributed by atoms with Gasteiger partial charge >= 0.3 is 0 Å². The molecule has 19 heavy (non-hydrogen) atoms. The maximum absolute atomic E-state index is 11.9. The molecular formula is C15H18N2O2. The standard InChI is InChI=1S/C15H18N2O2/c1-4-11-12(18)16-14(17-13(11)19)15(2,3)10-8-6-5-7-9-10/h5-9H,4H2,1-3H3,(H2,16,17,18,19). The number of hydrogen-bond donors (Lipinski definition) is 2. The minimum Gasteiger partial charge on any atom is -0.493 e. The van der Waals surface area contributed by atoms with E-state index in [1.807, 2.05) is 51.1 Å². The van der Waals surface area contributed by atoms with Crippen LogP contribution in [0.4, 0.5) is 0 Å². The molecule has 0 fully saturated rings. The van der Waals surface area contributed by atoms with E-state index in [-0.39, 0.29) is 11.4 Å². The van der Waals surface area contributed by atoms with E-state index in [9.17, 15) is 9.90 Å². The van der Waals surface area contributed by atoms with Crippen LogP contribution >= 0.6 is 0 Å². The second kappa shape index (κ2) is 4.88. The Hall–Kier alpha value is -2.10. The van der Waals surface area contributed by atoms with E-state index in [0.29, 0.717) is 17.8 Å². The first-order valence-corrected chi connectivity index (χ1v) is 6.35. The van der Waals surface area contributed by atoms with Gasteiger partial charge in [0.05, 0.1) is 5.56 Å². The van der Waals surface area contributed by atoms with Gasteiger partial charge in [-0.2, -0.15) is 4.98 Å². The van der Waals surface area contributed by atoms with Crippen LogP contribution in [0, 0.1) is 0 Å². The number of aromatic hydroxyl groups is 1. The number of nitrogens with zero attached hydrogens (tertiary/aromatic N) is 1. The zero-order valence-corrected chi connectivity index (χ0v) is 11.4. The molecule has 0 aliphatic heterocycles. The highest BCUT2D eigenvalue weighted by molar-refractivity contribution is 5.33. The second-order valence-electron chi connectivity index (χ2n) is 5.06. The number of H-pyrrole nitrogens is 1. The fourth-order valence-corrected chi connectivity index (χ4v) is 2.09. The van der Waals surface area contributed by atoms with E-state index in [2.05, 4.69) is 9.97 Å². The van der Waals surface area contributed by atoms with Gasteiger partial charge in [-0.25, -0.2) is 0 Å². The molecule has 4 heteroatoms. The van der Waals surface area contributed by atoms with Gasteiger partial charge in [-0.15, -0.1) is 0 Å². The molecule has 0 spiro atoms. The Bertz CT molecular complexity index is 630. The van der Waals surface area contributed by atoms with Crippen molar-refractivity contribution in [1.29, 1.82) is 0 Å². The fraction of sp³-hybridized carbons (Fsp3) is 0.333. The number of aromatic nitrogens is 2. The summed E-state index contributed by atoms with van der Waals surface area (Å²) in [5, 5.41) is 9.85. The lowest BCUT2D eigenvalue weighted by molar-refractivity contribution is 0.431. The number of aromatic amines is 1. The van der Waals surface area contributed by atoms with Gasteiger partial charge in [0.15, 0.2) is 0 Å². The number of benzene rings is 1. The van der Waals surface area contributed by atoms with Crippen LogP contribution in [0.25, 0.3) is 0 Å². The smallest absolute Gasteiger partial charge is 0.257 e. The molecule has 0 saturated heterocycles. The molecule has 0 amide bonds. The largest absolute Gasteiger partial charge is 0.493 e. The Balaban J connectivity index is 2.56. The summed E-state index contributed by atoms with van der Waals surface area (Å²) in [5.41, 5.74) is 0.618. The van der Waals surface area contributed by atoms with Crippen molar-refractivity contribution in [2.24, 2.45) is 0 Å². The third kappa shape index (κ3) is 2.38. The number of rotatable bonds is 3. The molecule has 0 atom stereocenters. The summed E-state index contributed by atoms with van der Waals surface area (Å²) in [6.07, 6.45) is 0.459. The summed E-state index contributed by atoms with van der Waals surface area (Å²) in [4.78, 5) is 18.8. The summed E-state index contributed by atoms with van der Waals surface area (Å²) in [6, 6.07) is 9.77. The average molecular weight is 258 g/mol. The van der Waals surface area contributed by atoms with Crippen molar-refractivity contribution in [3.63, 3.8) is 0 Å². The molecule has 100 valence electrons. The Morgan fingerprint density at radius 1 is 1.26 bits per heavy atom. The van der Waals surface area contributed by atoms with Crippen molar-refractivity contribution >= 4 is 0 Å². The van der Waals surface area contributed by atoms with Crippen LogP contribution < -0.4 is 5.56 Å². The lowest BCUT2D eigenvalue weighted by Crippen LogP contribution is -2.27. The summed E-state index contributed by atoms with van der Waals surface area (Å²) in [6.45, 7) is 5.74. The molecule has 4 nitrogen and oxygen atoms in total. The zero-order valence-electron chi connectivity index (χ0n) is 11.4. The minimum atomic E-state index is -0.468. The Morgan fingerprint density at radius 2 is 1.89 bits per heavy atom. The zero-order chi connectivity index (χ0) is 14.0. The van der Waals surface area contributed by atoms with Gasteiger partial charge in [0.2, 0.25) is 5.88 Å². The highest BCUT2D eigenvalue weighted by Crippen LogP contribution is 2.29. The lowest BCUT2D eigenvalue weighted by Gasteiger charge is -2.24. The predicted molar refractivity (Wildman–Crippen MR) is 74.5 cm³/mol. The van der Waals surface area contributed by atoms with Crippen LogP contribution in [0.1, 0.15) is 37.7 Å². The number of hydrogen-bond acceptors (Lipinski definition) is 3. The highest BCUT2D eigenvalue weighted by Gasteiger charge is 2.27. The van der Waals surface area contributed by atoms with Crippen molar-refractivity contribution in [3.05, 3.63) is 57.6 Å². The van der Waals surface area contributed by atoms with Crippen molar-refractivity contribution in [2.45, 2.75) is 32.6 Å². The van der Waals surface area contributed by atoms with Crippen LogP contribution in [-0.4, -0.2) is 15.1 Å². The van der Waals surface area contributed by atoms with Gasteiger partial charge in [-0.1, -0.05) is 37.3 Å². The minimum absolute atomic E-state index is 0.176.